The highest BCUT2D eigenvalue weighted by Gasteiger charge is 2.19. The molecule has 1 atom stereocenters. The quantitative estimate of drug-likeness (QED) is 0.486. The zero-order valence-corrected chi connectivity index (χ0v) is 17.9. The molecule has 0 amide bonds. The minimum Gasteiger partial charge on any atom is -0.491 e. The number of aromatic nitrogens is 3. The number of para-hydroxylation sites is 1. The molecule has 31 heavy (non-hydrogen) atoms. The van der Waals surface area contributed by atoms with Crippen molar-refractivity contribution >= 4 is 22.2 Å². The Morgan fingerprint density at radius 3 is 2.97 bits per heavy atom. The van der Waals surface area contributed by atoms with E-state index >= 15 is 0 Å². The molecule has 0 radical (unpaired) electrons. The van der Waals surface area contributed by atoms with Crippen LogP contribution in [0.25, 0.3) is 27.9 Å². The largest absolute Gasteiger partial charge is 0.491 e. The summed E-state index contributed by atoms with van der Waals surface area (Å²) in [6, 6.07) is 15.0. The van der Waals surface area contributed by atoms with Crippen LogP contribution in [0.1, 0.15) is 6.92 Å². The summed E-state index contributed by atoms with van der Waals surface area (Å²) in [5, 5.41) is 4.66. The Bertz CT molecular complexity index is 1210. The molecule has 1 N–H and O–H groups in total. The Hall–Kier alpha value is -3.16. The third-order valence-corrected chi connectivity index (χ3v) is 5.71. The summed E-state index contributed by atoms with van der Waals surface area (Å²) in [5.74, 6) is 0.781. The zero-order valence-electron chi connectivity index (χ0n) is 17.9. The number of anilines is 1. The third-order valence-electron chi connectivity index (χ3n) is 5.71. The first-order chi connectivity index (χ1) is 15.2. The van der Waals surface area contributed by atoms with Crippen LogP contribution in [-0.2, 0) is 4.74 Å². The SMILES string of the molecule is COCCOc1ccn2c(-c3ccc4cccc(N5CCNC(C)C5)c4n3)cnc2c1. The van der Waals surface area contributed by atoms with Crippen molar-refractivity contribution in [3.05, 3.63) is 54.9 Å². The molecule has 7 heteroatoms. The van der Waals surface area contributed by atoms with Gasteiger partial charge < -0.3 is 19.7 Å². The number of fused-ring (bicyclic) bond motifs is 2. The number of ether oxygens (including phenoxy) is 2. The van der Waals surface area contributed by atoms with Gasteiger partial charge in [0.05, 0.1) is 35.4 Å². The van der Waals surface area contributed by atoms with Crippen LogP contribution in [0.5, 0.6) is 5.75 Å². The number of nitrogens with zero attached hydrogens (tertiary/aromatic N) is 4. The van der Waals surface area contributed by atoms with Gasteiger partial charge in [0, 0.05) is 50.4 Å². The lowest BCUT2D eigenvalue weighted by atomic mass is 10.1. The van der Waals surface area contributed by atoms with Gasteiger partial charge in [-0.2, -0.15) is 0 Å². The molecular formula is C24H27N5O2. The number of piperazine rings is 1. The highest BCUT2D eigenvalue weighted by atomic mass is 16.5. The number of imidazole rings is 1. The molecule has 4 heterocycles. The van der Waals surface area contributed by atoms with Gasteiger partial charge in [-0.1, -0.05) is 18.2 Å². The van der Waals surface area contributed by atoms with Crippen molar-refractivity contribution in [2.45, 2.75) is 13.0 Å². The highest BCUT2D eigenvalue weighted by Crippen LogP contribution is 2.29. The number of rotatable bonds is 6. The molecule has 0 saturated carbocycles. The van der Waals surface area contributed by atoms with Crippen molar-refractivity contribution in [1.29, 1.82) is 0 Å². The molecule has 160 valence electrons. The van der Waals surface area contributed by atoms with Gasteiger partial charge in [-0.25, -0.2) is 9.97 Å². The highest BCUT2D eigenvalue weighted by molar-refractivity contribution is 5.92. The summed E-state index contributed by atoms with van der Waals surface area (Å²) < 4.78 is 12.8. The molecule has 1 aliphatic rings. The summed E-state index contributed by atoms with van der Waals surface area (Å²) in [4.78, 5) is 12.1. The first kappa shape index (κ1) is 19.8. The fourth-order valence-corrected chi connectivity index (χ4v) is 4.16. The maximum absolute atomic E-state index is 5.71. The molecule has 3 aromatic heterocycles. The second-order valence-electron chi connectivity index (χ2n) is 7.92. The molecule has 1 aromatic carbocycles. The van der Waals surface area contributed by atoms with Crippen molar-refractivity contribution in [1.82, 2.24) is 19.7 Å². The predicted molar refractivity (Wildman–Crippen MR) is 123 cm³/mol. The fourth-order valence-electron chi connectivity index (χ4n) is 4.16. The Morgan fingerprint density at radius 2 is 2.10 bits per heavy atom. The van der Waals surface area contributed by atoms with Crippen LogP contribution in [0.4, 0.5) is 5.69 Å². The van der Waals surface area contributed by atoms with E-state index in [9.17, 15) is 0 Å². The minimum atomic E-state index is 0.464. The average molecular weight is 418 g/mol. The molecule has 1 fully saturated rings. The van der Waals surface area contributed by atoms with Crippen LogP contribution in [0.3, 0.4) is 0 Å². The molecular weight excluding hydrogens is 390 g/mol. The van der Waals surface area contributed by atoms with Crippen LogP contribution in [0, 0.1) is 0 Å². The maximum atomic E-state index is 5.71. The van der Waals surface area contributed by atoms with Gasteiger partial charge in [-0.3, -0.25) is 4.40 Å². The molecule has 0 spiro atoms. The molecule has 0 aliphatic carbocycles. The Morgan fingerprint density at radius 1 is 1.16 bits per heavy atom. The Kier molecular flexibility index (Phi) is 5.44. The molecule has 1 saturated heterocycles. The van der Waals surface area contributed by atoms with Crippen LogP contribution in [-0.4, -0.2) is 60.4 Å². The van der Waals surface area contributed by atoms with E-state index in [1.54, 1.807) is 7.11 Å². The predicted octanol–water partition coefficient (Wildman–Crippen LogP) is 3.37. The molecule has 1 unspecified atom stereocenters. The third kappa shape index (κ3) is 3.94. The smallest absolute Gasteiger partial charge is 0.140 e. The lowest BCUT2D eigenvalue weighted by molar-refractivity contribution is 0.146. The van der Waals surface area contributed by atoms with E-state index in [2.05, 4.69) is 52.5 Å². The van der Waals surface area contributed by atoms with Crippen LogP contribution in [0.2, 0.25) is 0 Å². The molecule has 7 nitrogen and oxygen atoms in total. The molecule has 0 bridgehead atoms. The second-order valence-corrected chi connectivity index (χ2v) is 7.92. The van der Waals surface area contributed by atoms with Gasteiger partial charge in [0.15, 0.2) is 0 Å². The minimum absolute atomic E-state index is 0.464. The van der Waals surface area contributed by atoms with E-state index in [4.69, 9.17) is 14.5 Å². The van der Waals surface area contributed by atoms with E-state index in [1.165, 1.54) is 5.69 Å². The molecule has 5 rings (SSSR count). The first-order valence-electron chi connectivity index (χ1n) is 10.7. The van der Waals surface area contributed by atoms with Crippen LogP contribution < -0.4 is 15.0 Å². The van der Waals surface area contributed by atoms with E-state index in [0.29, 0.717) is 19.3 Å². The fraction of sp³-hybridized carbons (Fsp3) is 0.333. The van der Waals surface area contributed by atoms with E-state index in [0.717, 1.165) is 53.3 Å². The van der Waals surface area contributed by atoms with Gasteiger partial charge in [0.1, 0.15) is 18.0 Å². The van der Waals surface area contributed by atoms with Gasteiger partial charge in [0.2, 0.25) is 0 Å². The number of pyridine rings is 2. The normalized spacial score (nSPS) is 16.8. The number of hydrogen-bond acceptors (Lipinski definition) is 6. The lowest BCUT2D eigenvalue weighted by Gasteiger charge is -2.34. The summed E-state index contributed by atoms with van der Waals surface area (Å²) in [7, 11) is 1.66. The number of methoxy groups -OCH3 is 1. The van der Waals surface area contributed by atoms with Gasteiger partial charge in [-0.05, 0) is 25.1 Å². The van der Waals surface area contributed by atoms with Gasteiger partial charge in [-0.15, -0.1) is 0 Å². The van der Waals surface area contributed by atoms with Crippen molar-refractivity contribution in [3.63, 3.8) is 0 Å². The van der Waals surface area contributed by atoms with E-state index in [-0.39, 0.29) is 0 Å². The van der Waals surface area contributed by atoms with Crippen molar-refractivity contribution in [2.24, 2.45) is 0 Å². The van der Waals surface area contributed by atoms with E-state index < -0.39 is 0 Å². The van der Waals surface area contributed by atoms with Crippen molar-refractivity contribution in [2.75, 3.05) is 44.9 Å². The van der Waals surface area contributed by atoms with Crippen LogP contribution >= 0.6 is 0 Å². The van der Waals surface area contributed by atoms with Crippen molar-refractivity contribution in [3.8, 4) is 17.1 Å². The van der Waals surface area contributed by atoms with Crippen LogP contribution in [0.15, 0.2) is 54.9 Å². The van der Waals surface area contributed by atoms with Gasteiger partial charge in [0.25, 0.3) is 0 Å². The number of nitrogens with one attached hydrogen (secondary N) is 1. The van der Waals surface area contributed by atoms with Gasteiger partial charge >= 0.3 is 0 Å². The monoisotopic (exact) mass is 417 g/mol. The standard InChI is InChI=1S/C24H27N5O2/c1-17-16-28(11-9-25-17)21-5-3-4-18-6-7-20(27-24(18)21)22-15-26-23-14-19(8-10-29(22)23)31-13-12-30-2/h3-8,10,14-15,17,25H,9,11-13,16H2,1-2H3. The second kappa shape index (κ2) is 8.53. The maximum Gasteiger partial charge on any atom is 0.140 e. The molecule has 4 aromatic rings. The summed E-state index contributed by atoms with van der Waals surface area (Å²) >= 11 is 0. The first-order valence-corrected chi connectivity index (χ1v) is 10.7. The summed E-state index contributed by atoms with van der Waals surface area (Å²) in [6.07, 6.45) is 3.85. The topological polar surface area (TPSA) is 63.9 Å². The van der Waals surface area contributed by atoms with E-state index in [1.807, 2.05) is 28.9 Å². The number of benzene rings is 1. The Labute approximate surface area is 181 Å². The number of hydrogen-bond donors (Lipinski definition) is 1. The molecule has 1 aliphatic heterocycles. The lowest BCUT2D eigenvalue weighted by Crippen LogP contribution is -2.49. The summed E-state index contributed by atoms with van der Waals surface area (Å²) in [6.45, 7) is 6.24. The summed E-state index contributed by atoms with van der Waals surface area (Å²) in [5.41, 5.74) is 4.92. The Balaban J connectivity index is 1.51. The zero-order chi connectivity index (χ0) is 21.2. The average Bonchev–Trinajstić information content (AvgIpc) is 3.22. The van der Waals surface area contributed by atoms with Crippen molar-refractivity contribution < 1.29 is 9.47 Å².